The zero-order valence-corrected chi connectivity index (χ0v) is 15.1. The van der Waals surface area contributed by atoms with E-state index in [-0.39, 0.29) is 5.91 Å². The molecule has 132 valence electrons. The van der Waals surface area contributed by atoms with E-state index in [4.69, 9.17) is 11.6 Å². The molecule has 4 nitrogen and oxygen atoms in total. The number of nitrogens with one attached hydrogen (secondary N) is 1. The van der Waals surface area contributed by atoms with Crippen molar-refractivity contribution in [2.75, 3.05) is 26.2 Å². The number of carbonyl (C=O) groups excluding carboxylic acids is 1. The van der Waals surface area contributed by atoms with E-state index < -0.39 is 0 Å². The van der Waals surface area contributed by atoms with Gasteiger partial charge >= 0.3 is 0 Å². The summed E-state index contributed by atoms with van der Waals surface area (Å²) in [6.07, 6.45) is 8.22. The molecule has 1 aliphatic rings. The normalized spacial score (nSPS) is 16.5. The van der Waals surface area contributed by atoms with Crippen molar-refractivity contribution in [3.8, 4) is 0 Å². The van der Waals surface area contributed by atoms with E-state index in [2.05, 4.69) is 15.2 Å². The molecule has 3 rings (SSSR count). The molecule has 1 aromatic heterocycles. The molecule has 0 aliphatic carbocycles. The summed E-state index contributed by atoms with van der Waals surface area (Å²) >= 11 is 5.58. The molecular formula is C20H24ClN3O. The van der Waals surface area contributed by atoms with Crippen molar-refractivity contribution in [3.05, 3.63) is 53.8 Å². The fraction of sp³-hybridized carbons (Fsp3) is 0.400. The minimum atomic E-state index is 0.0747. The lowest BCUT2D eigenvalue weighted by atomic mass is 9.96. The molecule has 0 bridgehead atoms. The van der Waals surface area contributed by atoms with Crippen LogP contribution >= 0.6 is 11.6 Å². The first-order valence-corrected chi connectivity index (χ1v) is 9.26. The molecule has 0 saturated carbocycles. The minimum absolute atomic E-state index is 0.0747. The van der Waals surface area contributed by atoms with Crippen molar-refractivity contribution in [2.24, 2.45) is 5.92 Å². The first kappa shape index (κ1) is 17.9. The highest BCUT2D eigenvalue weighted by atomic mass is 35.5. The third-order valence-corrected chi connectivity index (χ3v) is 5.03. The van der Waals surface area contributed by atoms with Crippen LogP contribution < -0.4 is 5.32 Å². The smallest absolute Gasteiger partial charge is 0.224 e. The number of halogens is 1. The first-order valence-electron chi connectivity index (χ1n) is 8.82. The number of likely N-dealkylation sites (tertiary alicyclic amines) is 1. The summed E-state index contributed by atoms with van der Waals surface area (Å²) in [6.45, 7) is 3.80. The monoisotopic (exact) mass is 357 g/mol. The van der Waals surface area contributed by atoms with Crippen LogP contribution in [0.1, 0.15) is 18.4 Å². The van der Waals surface area contributed by atoms with Gasteiger partial charge in [0.25, 0.3) is 0 Å². The van der Waals surface area contributed by atoms with E-state index in [0.29, 0.717) is 12.3 Å². The van der Waals surface area contributed by atoms with E-state index in [1.165, 1.54) is 0 Å². The molecule has 1 fully saturated rings. The molecular weight excluding hydrogens is 334 g/mol. The Labute approximate surface area is 153 Å². The van der Waals surface area contributed by atoms with Crippen LogP contribution in [0.15, 0.2) is 48.3 Å². The Bertz CT molecular complexity index is 733. The highest BCUT2D eigenvalue weighted by molar-refractivity contribution is 6.25. The van der Waals surface area contributed by atoms with Gasteiger partial charge in [0.05, 0.1) is 6.42 Å². The standard InChI is InChI=1S/C20H24ClN3O/c21-8-3-9-24-10-6-16(7-11-24)13-23-20(25)12-18-15-22-14-17-4-1-2-5-19(17)18/h1-5,8,14-16H,6-7,9-13H2,(H,23,25)/b8-3+. The molecule has 1 amide bonds. The van der Waals surface area contributed by atoms with Crippen LogP contribution in [0.5, 0.6) is 0 Å². The van der Waals surface area contributed by atoms with Gasteiger partial charge in [0, 0.05) is 36.4 Å². The highest BCUT2D eigenvalue weighted by Crippen LogP contribution is 2.18. The number of pyridine rings is 1. The van der Waals surface area contributed by atoms with Gasteiger partial charge in [-0.2, -0.15) is 0 Å². The van der Waals surface area contributed by atoms with Crippen LogP contribution in [0.2, 0.25) is 0 Å². The van der Waals surface area contributed by atoms with E-state index in [1.807, 2.05) is 36.5 Å². The molecule has 1 saturated heterocycles. The zero-order valence-electron chi connectivity index (χ0n) is 14.3. The number of carbonyl (C=O) groups is 1. The van der Waals surface area contributed by atoms with E-state index in [0.717, 1.165) is 55.4 Å². The second kappa shape index (κ2) is 8.97. The van der Waals surface area contributed by atoms with Crippen LogP contribution in [0.4, 0.5) is 0 Å². The molecule has 2 heterocycles. The SMILES string of the molecule is O=C(Cc1cncc2ccccc12)NCC1CCN(C/C=C/Cl)CC1. The molecule has 0 unspecified atom stereocenters. The van der Waals surface area contributed by atoms with Gasteiger partial charge in [-0.05, 0) is 42.8 Å². The van der Waals surface area contributed by atoms with E-state index >= 15 is 0 Å². The fourth-order valence-electron chi connectivity index (χ4n) is 3.38. The Hall–Kier alpha value is -1.91. The molecule has 2 aromatic rings. The van der Waals surface area contributed by atoms with Crippen LogP contribution in [0.25, 0.3) is 10.8 Å². The molecule has 0 spiro atoms. The third kappa shape index (κ3) is 5.03. The lowest BCUT2D eigenvalue weighted by Gasteiger charge is -2.31. The van der Waals surface area contributed by atoms with Gasteiger partial charge in [-0.3, -0.25) is 14.7 Å². The number of hydrogen-bond donors (Lipinski definition) is 1. The summed E-state index contributed by atoms with van der Waals surface area (Å²) in [5.74, 6) is 0.636. The molecule has 0 atom stereocenters. The Kier molecular flexibility index (Phi) is 6.42. The second-order valence-electron chi connectivity index (χ2n) is 6.61. The lowest BCUT2D eigenvalue weighted by molar-refractivity contribution is -0.120. The Morgan fingerprint density at radius 1 is 1.28 bits per heavy atom. The van der Waals surface area contributed by atoms with Gasteiger partial charge in [-0.15, -0.1) is 0 Å². The van der Waals surface area contributed by atoms with E-state index in [9.17, 15) is 4.79 Å². The minimum Gasteiger partial charge on any atom is -0.356 e. The molecule has 5 heteroatoms. The van der Waals surface area contributed by atoms with Crippen LogP contribution in [-0.4, -0.2) is 42.0 Å². The van der Waals surface area contributed by atoms with Crippen LogP contribution in [-0.2, 0) is 11.2 Å². The molecule has 1 aliphatic heterocycles. The maximum atomic E-state index is 12.3. The average Bonchev–Trinajstić information content (AvgIpc) is 2.66. The predicted molar refractivity (Wildman–Crippen MR) is 103 cm³/mol. The van der Waals surface area contributed by atoms with Gasteiger partial charge in [0.15, 0.2) is 0 Å². The summed E-state index contributed by atoms with van der Waals surface area (Å²) in [7, 11) is 0. The van der Waals surface area contributed by atoms with Crippen molar-refractivity contribution >= 4 is 28.3 Å². The molecule has 1 aromatic carbocycles. The second-order valence-corrected chi connectivity index (χ2v) is 6.86. The summed E-state index contributed by atoms with van der Waals surface area (Å²) in [5, 5.41) is 5.28. The highest BCUT2D eigenvalue weighted by Gasteiger charge is 2.19. The van der Waals surface area contributed by atoms with Gasteiger partial charge in [0.1, 0.15) is 0 Å². The molecule has 0 radical (unpaired) electrons. The van der Waals surface area contributed by atoms with Gasteiger partial charge < -0.3 is 5.32 Å². The number of rotatable bonds is 6. The fourth-order valence-corrected chi connectivity index (χ4v) is 3.46. The number of amides is 1. The van der Waals surface area contributed by atoms with E-state index in [1.54, 1.807) is 11.7 Å². The number of hydrogen-bond acceptors (Lipinski definition) is 3. The zero-order chi connectivity index (χ0) is 17.5. The maximum Gasteiger partial charge on any atom is 0.224 e. The van der Waals surface area contributed by atoms with Gasteiger partial charge in [-0.1, -0.05) is 41.9 Å². The average molecular weight is 358 g/mol. The summed E-state index contributed by atoms with van der Waals surface area (Å²) in [5.41, 5.74) is 2.56. The summed E-state index contributed by atoms with van der Waals surface area (Å²) in [6, 6.07) is 8.06. The Balaban J connectivity index is 1.47. The Morgan fingerprint density at radius 2 is 2.08 bits per heavy atom. The molecule has 1 N–H and O–H groups in total. The number of aromatic nitrogens is 1. The van der Waals surface area contributed by atoms with Crippen molar-refractivity contribution in [3.63, 3.8) is 0 Å². The van der Waals surface area contributed by atoms with Crippen molar-refractivity contribution in [1.29, 1.82) is 0 Å². The van der Waals surface area contributed by atoms with Crippen LogP contribution in [0.3, 0.4) is 0 Å². The number of piperidine rings is 1. The van der Waals surface area contributed by atoms with Gasteiger partial charge in [0.2, 0.25) is 5.91 Å². The maximum absolute atomic E-state index is 12.3. The van der Waals surface area contributed by atoms with Crippen LogP contribution in [0, 0.1) is 5.92 Å². The number of nitrogens with zero attached hydrogens (tertiary/aromatic N) is 2. The van der Waals surface area contributed by atoms with Crippen molar-refractivity contribution in [1.82, 2.24) is 15.2 Å². The number of fused-ring (bicyclic) bond motifs is 1. The topological polar surface area (TPSA) is 45.2 Å². The lowest BCUT2D eigenvalue weighted by Crippen LogP contribution is -2.39. The summed E-state index contributed by atoms with van der Waals surface area (Å²) in [4.78, 5) is 19.0. The number of benzene rings is 1. The predicted octanol–water partition coefficient (Wildman–Crippen LogP) is 3.36. The van der Waals surface area contributed by atoms with Crippen molar-refractivity contribution in [2.45, 2.75) is 19.3 Å². The molecule has 25 heavy (non-hydrogen) atoms. The summed E-state index contributed by atoms with van der Waals surface area (Å²) < 4.78 is 0. The first-order chi connectivity index (χ1) is 12.3. The quantitative estimate of drug-likeness (QED) is 0.862. The third-order valence-electron chi connectivity index (χ3n) is 4.85. The largest absolute Gasteiger partial charge is 0.356 e. The Morgan fingerprint density at radius 3 is 2.88 bits per heavy atom. The van der Waals surface area contributed by atoms with Crippen molar-refractivity contribution < 1.29 is 4.79 Å². The van der Waals surface area contributed by atoms with Gasteiger partial charge in [-0.25, -0.2) is 0 Å².